The van der Waals surface area contributed by atoms with Crippen molar-refractivity contribution in [1.82, 2.24) is 0 Å². The molecular weight excluding hydrogens is 476 g/mol. The highest BCUT2D eigenvalue weighted by Gasteiger charge is 2.22. The van der Waals surface area contributed by atoms with Crippen LogP contribution in [0.5, 0.6) is 0 Å². The first kappa shape index (κ1) is 27.5. The van der Waals surface area contributed by atoms with Gasteiger partial charge in [-0.05, 0) is 59.4 Å². The number of carboxylic acid groups (broad SMARTS) is 2. The fourth-order valence-corrected chi connectivity index (χ4v) is 5.43. The van der Waals surface area contributed by atoms with Crippen LogP contribution in [0.4, 0.5) is 10.0 Å². The molecule has 0 spiro atoms. The van der Waals surface area contributed by atoms with Gasteiger partial charge in [0, 0.05) is 12.8 Å². The van der Waals surface area contributed by atoms with Crippen LogP contribution in [0.1, 0.15) is 85.2 Å². The van der Waals surface area contributed by atoms with Crippen LogP contribution in [0.25, 0.3) is 0 Å². The molecule has 0 atom stereocenters. The van der Waals surface area contributed by atoms with E-state index >= 15 is 0 Å². The van der Waals surface area contributed by atoms with Gasteiger partial charge < -0.3 is 20.8 Å². The summed E-state index contributed by atoms with van der Waals surface area (Å²) in [6, 6.07) is 0. The summed E-state index contributed by atoms with van der Waals surface area (Å²) in [5.74, 6) is -2.17. The molecule has 0 unspecified atom stereocenters. The average Bonchev–Trinajstić information content (AvgIpc) is 3.29. The summed E-state index contributed by atoms with van der Waals surface area (Å²) < 4.78 is 0. The van der Waals surface area contributed by atoms with Crippen molar-refractivity contribution < 1.29 is 29.4 Å². The van der Waals surface area contributed by atoms with Gasteiger partial charge in [-0.3, -0.25) is 9.59 Å². The van der Waals surface area contributed by atoms with Crippen LogP contribution in [0.15, 0.2) is 10.8 Å². The Labute approximate surface area is 207 Å². The monoisotopic (exact) mass is 508 g/mol. The molecule has 0 aromatic carbocycles. The van der Waals surface area contributed by atoms with Crippen molar-refractivity contribution in [1.29, 1.82) is 0 Å². The largest absolute Gasteiger partial charge is 0.478 e. The van der Waals surface area contributed by atoms with Crippen LogP contribution in [-0.4, -0.2) is 34.0 Å². The highest BCUT2D eigenvalue weighted by atomic mass is 32.1. The number of aromatic carboxylic acids is 2. The van der Waals surface area contributed by atoms with Crippen LogP contribution in [0, 0.1) is 11.8 Å². The molecule has 0 aliphatic rings. The van der Waals surface area contributed by atoms with Gasteiger partial charge in [0.15, 0.2) is 0 Å². The number of carbonyl (C=O) groups excluding carboxylic acids is 2. The van der Waals surface area contributed by atoms with Crippen LogP contribution in [0.3, 0.4) is 0 Å². The van der Waals surface area contributed by atoms with Gasteiger partial charge in [-0.2, -0.15) is 0 Å². The molecule has 2 rings (SSSR count). The Balaban J connectivity index is 1.90. The first-order valence-electron chi connectivity index (χ1n) is 11.3. The summed E-state index contributed by atoms with van der Waals surface area (Å²) in [6.07, 6.45) is 2.42. The Morgan fingerprint density at radius 3 is 1.71 bits per heavy atom. The summed E-state index contributed by atoms with van der Waals surface area (Å²) in [5.41, 5.74) is 1.66. The van der Waals surface area contributed by atoms with E-state index in [1.807, 2.05) is 13.8 Å². The zero-order chi connectivity index (χ0) is 25.4. The second kappa shape index (κ2) is 12.7. The van der Waals surface area contributed by atoms with Crippen molar-refractivity contribution in [3.8, 4) is 0 Å². The van der Waals surface area contributed by atoms with Crippen molar-refractivity contribution in [3.63, 3.8) is 0 Å². The molecule has 10 heteroatoms. The van der Waals surface area contributed by atoms with Gasteiger partial charge in [0.1, 0.15) is 10.0 Å². The Kier molecular flexibility index (Phi) is 10.2. The second-order valence-electron chi connectivity index (χ2n) is 9.02. The number of aryl methyl sites for hydroxylation is 1. The number of thiophene rings is 2. The molecule has 2 aromatic heterocycles. The second-order valence-corrected chi connectivity index (χ2v) is 10.8. The number of anilines is 2. The minimum absolute atomic E-state index is 0.0414. The van der Waals surface area contributed by atoms with Crippen molar-refractivity contribution in [2.75, 3.05) is 10.6 Å². The molecule has 2 heterocycles. The molecule has 2 amide bonds. The molecule has 0 fully saturated rings. The number of carboxylic acids is 2. The SMILES string of the molecule is CC(C)CCc1csc(NC(=O)CCCC(=O)Nc2scc(CC(C)C)c2C(=O)O)c1C(=O)O. The number of hydrogen-bond donors (Lipinski definition) is 4. The Hall–Kier alpha value is -2.72. The molecule has 0 bridgehead atoms. The highest BCUT2D eigenvalue weighted by Crippen LogP contribution is 2.31. The molecule has 4 N–H and O–H groups in total. The van der Waals surface area contributed by atoms with Crippen LogP contribution < -0.4 is 10.6 Å². The van der Waals surface area contributed by atoms with Gasteiger partial charge in [0.05, 0.1) is 11.1 Å². The van der Waals surface area contributed by atoms with E-state index in [9.17, 15) is 29.4 Å². The number of nitrogens with one attached hydrogen (secondary N) is 2. The minimum Gasteiger partial charge on any atom is -0.478 e. The number of hydrogen-bond acceptors (Lipinski definition) is 6. The summed E-state index contributed by atoms with van der Waals surface area (Å²) in [6.45, 7) is 8.12. The van der Waals surface area contributed by atoms with E-state index in [2.05, 4.69) is 24.5 Å². The summed E-state index contributed by atoms with van der Waals surface area (Å²) >= 11 is 2.37. The lowest BCUT2D eigenvalue weighted by atomic mass is 10.0. The number of carbonyl (C=O) groups is 4. The predicted octanol–water partition coefficient (Wildman–Crippen LogP) is 5.74. The average molecular weight is 509 g/mol. The summed E-state index contributed by atoms with van der Waals surface area (Å²) in [5, 5.41) is 28.6. The maximum atomic E-state index is 12.3. The number of amides is 2. The Morgan fingerprint density at radius 1 is 0.794 bits per heavy atom. The first-order valence-corrected chi connectivity index (χ1v) is 13.0. The van der Waals surface area contributed by atoms with Crippen molar-refractivity contribution in [2.24, 2.45) is 11.8 Å². The zero-order valence-corrected chi connectivity index (χ0v) is 21.5. The summed E-state index contributed by atoms with van der Waals surface area (Å²) in [4.78, 5) is 48.0. The van der Waals surface area contributed by atoms with Gasteiger partial charge in [-0.1, -0.05) is 27.7 Å². The van der Waals surface area contributed by atoms with Gasteiger partial charge >= 0.3 is 11.9 Å². The standard InChI is InChI=1S/C24H32N2O6S2/c1-13(2)8-9-15-11-33-21(19(15)23(29)30)25-17(27)6-5-7-18(28)26-22-20(24(31)32)16(12-34-22)10-14(3)4/h11-14H,5-10H2,1-4H3,(H,25,27)(H,26,28)(H,29,30)(H,31,32). The molecule has 8 nitrogen and oxygen atoms in total. The number of rotatable bonds is 13. The lowest BCUT2D eigenvalue weighted by Gasteiger charge is -2.08. The molecule has 186 valence electrons. The van der Waals surface area contributed by atoms with E-state index < -0.39 is 11.9 Å². The third-order valence-corrected chi connectivity index (χ3v) is 6.98. The van der Waals surface area contributed by atoms with E-state index in [1.165, 1.54) is 22.7 Å². The smallest absolute Gasteiger partial charge is 0.338 e. The van der Waals surface area contributed by atoms with Gasteiger partial charge in [0.25, 0.3) is 0 Å². The molecular formula is C24H32N2O6S2. The van der Waals surface area contributed by atoms with Crippen molar-refractivity contribution in [3.05, 3.63) is 33.0 Å². The Morgan fingerprint density at radius 2 is 1.26 bits per heavy atom. The molecule has 34 heavy (non-hydrogen) atoms. The van der Waals surface area contributed by atoms with Gasteiger partial charge in [-0.15, -0.1) is 22.7 Å². The van der Waals surface area contributed by atoms with E-state index in [0.29, 0.717) is 39.9 Å². The fraction of sp³-hybridized carbons (Fsp3) is 0.500. The third-order valence-electron chi connectivity index (χ3n) is 5.09. The quantitative estimate of drug-likeness (QED) is 0.273. The van der Waals surface area contributed by atoms with Gasteiger partial charge in [0.2, 0.25) is 11.8 Å². The summed E-state index contributed by atoms with van der Waals surface area (Å²) in [7, 11) is 0. The topological polar surface area (TPSA) is 133 Å². The van der Waals surface area contributed by atoms with Crippen LogP contribution >= 0.6 is 22.7 Å². The van der Waals surface area contributed by atoms with E-state index in [1.54, 1.807) is 10.8 Å². The lowest BCUT2D eigenvalue weighted by molar-refractivity contribution is -0.117. The van der Waals surface area contributed by atoms with Gasteiger partial charge in [-0.25, -0.2) is 9.59 Å². The zero-order valence-electron chi connectivity index (χ0n) is 19.9. The molecule has 0 radical (unpaired) electrons. The fourth-order valence-electron chi connectivity index (χ4n) is 3.45. The van der Waals surface area contributed by atoms with E-state index in [4.69, 9.17) is 0 Å². The van der Waals surface area contributed by atoms with E-state index in [-0.39, 0.29) is 48.1 Å². The minimum atomic E-state index is -1.08. The predicted molar refractivity (Wildman–Crippen MR) is 135 cm³/mol. The maximum absolute atomic E-state index is 12.3. The molecule has 0 aliphatic carbocycles. The highest BCUT2D eigenvalue weighted by molar-refractivity contribution is 7.15. The van der Waals surface area contributed by atoms with Crippen LogP contribution in [-0.2, 0) is 22.4 Å². The lowest BCUT2D eigenvalue weighted by Crippen LogP contribution is -2.16. The molecule has 0 saturated heterocycles. The maximum Gasteiger partial charge on any atom is 0.338 e. The van der Waals surface area contributed by atoms with Crippen molar-refractivity contribution >= 4 is 56.4 Å². The Bertz CT molecular complexity index is 1040. The third kappa shape index (κ3) is 7.95. The molecule has 0 saturated carbocycles. The molecule has 2 aromatic rings. The molecule has 0 aliphatic heterocycles. The van der Waals surface area contributed by atoms with Crippen molar-refractivity contribution in [2.45, 2.75) is 66.2 Å². The van der Waals surface area contributed by atoms with E-state index in [0.717, 1.165) is 6.42 Å². The van der Waals surface area contributed by atoms with Crippen LogP contribution in [0.2, 0.25) is 0 Å². The normalized spacial score (nSPS) is 11.1. The first-order chi connectivity index (χ1) is 16.0.